The van der Waals surface area contributed by atoms with E-state index in [9.17, 15) is 5.26 Å². The number of benzene rings is 3. The molecular weight excluding hydrogens is 280 g/mol. The van der Waals surface area contributed by atoms with Crippen molar-refractivity contribution in [2.24, 2.45) is 0 Å². The largest absolute Gasteiger partial charge is 0.398 e. The highest BCUT2D eigenvalue weighted by Gasteiger charge is 2.43. The lowest BCUT2D eigenvalue weighted by Crippen LogP contribution is -2.29. The molecule has 3 aliphatic carbocycles. The third-order valence-electron chi connectivity index (χ3n) is 5.25. The Hall–Kier alpha value is -3.05. The molecule has 3 aliphatic rings. The molecule has 0 atom stereocenters. The van der Waals surface area contributed by atoms with Gasteiger partial charge in [-0.3, -0.25) is 0 Å². The first-order valence-electron chi connectivity index (χ1n) is 7.81. The van der Waals surface area contributed by atoms with E-state index < -0.39 is 0 Å². The molecule has 23 heavy (non-hydrogen) atoms. The molecule has 0 heterocycles. The van der Waals surface area contributed by atoms with Gasteiger partial charge in [0.2, 0.25) is 0 Å². The Morgan fingerprint density at radius 1 is 0.696 bits per heavy atom. The molecule has 0 spiro atoms. The summed E-state index contributed by atoms with van der Waals surface area (Å²) in [4.78, 5) is 0. The smallest absolute Gasteiger partial charge is 0.0995 e. The average molecular weight is 294 g/mol. The van der Waals surface area contributed by atoms with E-state index in [2.05, 4.69) is 54.6 Å². The molecule has 108 valence electrons. The summed E-state index contributed by atoms with van der Waals surface area (Å²) in [5.74, 6) is 0.247. The third-order valence-corrected chi connectivity index (χ3v) is 5.25. The van der Waals surface area contributed by atoms with Gasteiger partial charge in [-0.1, -0.05) is 48.5 Å². The zero-order valence-corrected chi connectivity index (χ0v) is 12.5. The lowest BCUT2D eigenvalue weighted by Gasteiger charge is -2.43. The first-order chi connectivity index (χ1) is 11.3. The topological polar surface area (TPSA) is 49.8 Å². The zero-order chi connectivity index (χ0) is 15.6. The molecule has 0 saturated carbocycles. The third kappa shape index (κ3) is 1.42. The Morgan fingerprint density at radius 3 is 1.65 bits per heavy atom. The van der Waals surface area contributed by atoms with E-state index in [1.807, 2.05) is 12.1 Å². The minimum Gasteiger partial charge on any atom is -0.398 e. The van der Waals surface area contributed by atoms with Crippen molar-refractivity contribution < 1.29 is 0 Å². The maximum atomic E-state index is 9.62. The maximum Gasteiger partial charge on any atom is 0.0995 e. The molecule has 3 aromatic carbocycles. The fourth-order valence-corrected chi connectivity index (χ4v) is 4.41. The minimum absolute atomic E-state index is 0.112. The molecule has 0 saturated heterocycles. The number of rotatable bonds is 0. The first-order valence-corrected chi connectivity index (χ1v) is 7.81. The highest BCUT2D eigenvalue weighted by atomic mass is 14.6. The molecule has 6 rings (SSSR count). The highest BCUT2D eigenvalue weighted by molar-refractivity contribution is 5.75. The quantitative estimate of drug-likeness (QED) is 0.437. The number of hydrogen-bond donors (Lipinski definition) is 1. The predicted octanol–water partition coefficient (Wildman–Crippen LogP) is 4.13. The normalized spacial score (nSPS) is 19.4. The second-order valence-electron chi connectivity index (χ2n) is 6.27. The summed E-state index contributed by atoms with van der Waals surface area (Å²) in [6.45, 7) is 0. The summed E-state index contributed by atoms with van der Waals surface area (Å²) in [6, 6.07) is 23.2. The van der Waals surface area contributed by atoms with Crippen LogP contribution < -0.4 is 5.73 Å². The second kappa shape index (κ2) is 4.24. The predicted molar refractivity (Wildman–Crippen MR) is 90.3 cm³/mol. The van der Waals surface area contributed by atoms with E-state index >= 15 is 0 Å². The van der Waals surface area contributed by atoms with Gasteiger partial charge in [0, 0.05) is 17.5 Å². The van der Waals surface area contributed by atoms with Crippen molar-refractivity contribution in [3.8, 4) is 6.07 Å². The summed E-state index contributed by atoms with van der Waals surface area (Å²) in [7, 11) is 0. The molecule has 0 fully saturated rings. The lowest BCUT2D eigenvalue weighted by atomic mass is 9.60. The molecule has 0 radical (unpaired) electrons. The molecule has 2 bridgehead atoms. The summed E-state index contributed by atoms with van der Waals surface area (Å²) in [6.07, 6.45) is 0. The monoisotopic (exact) mass is 294 g/mol. The number of anilines is 1. The van der Waals surface area contributed by atoms with Crippen LogP contribution in [-0.2, 0) is 0 Å². The Kier molecular flexibility index (Phi) is 2.30. The summed E-state index contributed by atoms with van der Waals surface area (Å²) in [5.41, 5.74) is 15.4. The zero-order valence-electron chi connectivity index (χ0n) is 12.5. The van der Waals surface area contributed by atoms with E-state index in [0.717, 1.165) is 22.4 Å². The SMILES string of the molecule is N#Cc1ccc(N)c2c1C1c3ccccc3C2c2ccccc21. The van der Waals surface area contributed by atoms with Crippen molar-refractivity contribution in [1.82, 2.24) is 0 Å². The molecule has 3 aromatic rings. The van der Waals surface area contributed by atoms with E-state index in [1.165, 1.54) is 22.3 Å². The standard InChI is InChI=1S/C21H14N2/c22-11-12-9-10-17(23)21-18(12)19-13-5-1-3-7-15(13)20(21)16-8-4-2-6-14(16)19/h1-10,19-20H,23H2. The molecule has 2 nitrogen and oxygen atoms in total. The Balaban J connectivity index is 1.97. The fourth-order valence-electron chi connectivity index (χ4n) is 4.41. The highest BCUT2D eigenvalue weighted by Crippen LogP contribution is 2.57. The van der Waals surface area contributed by atoms with Gasteiger partial charge < -0.3 is 5.73 Å². The van der Waals surface area contributed by atoms with Gasteiger partial charge in [0.05, 0.1) is 11.6 Å². The Labute approximate surface area is 134 Å². The molecule has 0 aliphatic heterocycles. The van der Waals surface area contributed by atoms with Crippen LogP contribution in [0.2, 0.25) is 0 Å². The number of nitrogen functional groups attached to an aromatic ring is 1. The second-order valence-corrected chi connectivity index (χ2v) is 6.27. The number of nitrogens with two attached hydrogens (primary N) is 1. The van der Waals surface area contributed by atoms with Crippen LogP contribution in [0.3, 0.4) is 0 Å². The van der Waals surface area contributed by atoms with Crippen molar-refractivity contribution in [1.29, 1.82) is 5.26 Å². The van der Waals surface area contributed by atoms with E-state index in [-0.39, 0.29) is 11.8 Å². The van der Waals surface area contributed by atoms with Crippen molar-refractivity contribution in [2.45, 2.75) is 11.8 Å². The van der Waals surface area contributed by atoms with Crippen LogP contribution in [0.4, 0.5) is 5.69 Å². The molecule has 0 aromatic heterocycles. The van der Waals surface area contributed by atoms with E-state index in [0.29, 0.717) is 0 Å². The van der Waals surface area contributed by atoms with Crippen molar-refractivity contribution in [3.63, 3.8) is 0 Å². The van der Waals surface area contributed by atoms with Crippen LogP contribution in [-0.4, -0.2) is 0 Å². The van der Waals surface area contributed by atoms with Gasteiger partial charge in [0.25, 0.3) is 0 Å². The van der Waals surface area contributed by atoms with E-state index in [1.54, 1.807) is 0 Å². The van der Waals surface area contributed by atoms with Gasteiger partial charge in [0.15, 0.2) is 0 Å². The summed E-state index contributed by atoms with van der Waals surface area (Å²) in [5, 5.41) is 9.62. The van der Waals surface area contributed by atoms with Crippen LogP contribution >= 0.6 is 0 Å². The fraction of sp³-hybridized carbons (Fsp3) is 0.0952. The van der Waals surface area contributed by atoms with Crippen molar-refractivity contribution >= 4 is 5.69 Å². The van der Waals surface area contributed by atoms with Gasteiger partial charge in [-0.25, -0.2) is 0 Å². The van der Waals surface area contributed by atoms with Crippen LogP contribution in [0.1, 0.15) is 50.8 Å². The van der Waals surface area contributed by atoms with Crippen LogP contribution in [0.15, 0.2) is 60.7 Å². The van der Waals surface area contributed by atoms with Gasteiger partial charge in [-0.05, 0) is 45.5 Å². The number of hydrogen-bond acceptors (Lipinski definition) is 2. The van der Waals surface area contributed by atoms with Gasteiger partial charge in [-0.15, -0.1) is 0 Å². The van der Waals surface area contributed by atoms with Gasteiger partial charge in [0.1, 0.15) is 0 Å². The number of nitriles is 1. The van der Waals surface area contributed by atoms with Gasteiger partial charge >= 0.3 is 0 Å². The summed E-state index contributed by atoms with van der Waals surface area (Å²) >= 11 is 0. The Bertz CT molecular complexity index is 963. The lowest BCUT2D eigenvalue weighted by molar-refractivity contribution is 0.754. The molecule has 0 unspecified atom stereocenters. The van der Waals surface area contributed by atoms with Crippen LogP contribution in [0.25, 0.3) is 0 Å². The molecular formula is C21H14N2. The van der Waals surface area contributed by atoms with Crippen LogP contribution in [0.5, 0.6) is 0 Å². The summed E-state index contributed by atoms with van der Waals surface area (Å²) < 4.78 is 0. The average Bonchev–Trinajstić information content (AvgIpc) is 2.62. The number of nitrogens with zero attached hydrogens (tertiary/aromatic N) is 1. The van der Waals surface area contributed by atoms with Crippen molar-refractivity contribution in [3.05, 3.63) is 99.6 Å². The van der Waals surface area contributed by atoms with Crippen molar-refractivity contribution in [2.75, 3.05) is 5.73 Å². The molecule has 2 N–H and O–H groups in total. The molecule has 0 amide bonds. The molecule has 2 heteroatoms. The first kappa shape index (κ1) is 12.5. The van der Waals surface area contributed by atoms with E-state index in [4.69, 9.17) is 5.73 Å². The van der Waals surface area contributed by atoms with Crippen LogP contribution in [0, 0.1) is 11.3 Å². The Morgan fingerprint density at radius 2 is 1.17 bits per heavy atom. The minimum atomic E-state index is 0.112. The van der Waals surface area contributed by atoms with Gasteiger partial charge in [-0.2, -0.15) is 5.26 Å². The maximum absolute atomic E-state index is 9.62.